The predicted molar refractivity (Wildman–Crippen MR) is 63.2 cm³/mol. The van der Waals surface area contributed by atoms with Crippen molar-refractivity contribution >= 4 is 17.0 Å². The first-order chi connectivity index (χ1) is 8.76. The number of hydrogen-bond acceptors (Lipinski definition) is 5. The molecule has 0 aliphatic heterocycles. The van der Waals surface area contributed by atoms with Crippen LogP contribution in [0.4, 0.5) is 10.2 Å². The maximum Gasteiger partial charge on any atom is 0.165 e. The highest BCUT2D eigenvalue weighted by molar-refractivity contribution is 5.81. The van der Waals surface area contributed by atoms with Gasteiger partial charge in [-0.05, 0) is 12.0 Å². The Kier molecular flexibility index (Phi) is 2.48. The van der Waals surface area contributed by atoms with Gasteiger partial charge in [0.2, 0.25) is 0 Å². The largest absolute Gasteiger partial charge is 0.396 e. The molecule has 2 unspecified atom stereocenters. The summed E-state index contributed by atoms with van der Waals surface area (Å²) >= 11 is 0. The van der Waals surface area contributed by atoms with Crippen LogP contribution in [-0.2, 0) is 0 Å². The van der Waals surface area contributed by atoms with Crippen molar-refractivity contribution in [1.82, 2.24) is 19.5 Å². The summed E-state index contributed by atoms with van der Waals surface area (Å²) in [7, 11) is 0. The van der Waals surface area contributed by atoms with E-state index in [0.29, 0.717) is 35.3 Å². The zero-order valence-electron chi connectivity index (χ0n) is 9.49. The minimum absolute atomic E-state index is 0.0456. The molecule has 2 aromatic heterocycles. The van der Waals surface area contributed by atoms with Crippen LogP contribution in [0.5, 0.6) is 0 Å². The number of nitrogens with two attached hydrogens (primary N) is 1. The van der Waals surface area contributed by atoms with Gasteiger partial charge in [0.15, 0.2) is 11.5 Å². The highest BCUT2D eigenvalue weighted by Gasteiger charge is 2.37. The molecular formula is C11H12FN5O. The number of aromatic nitrogens is 4. The van der Waals surface area contributed by atoms with Gasteiger partial charge in [-0.25, -0.2) is 19.3 Å². The fourth-order valence-corrected chi connectivity index (χ4v) is 2.37. The summed E-state index contributed by atoms with van der Waals surface area (Å²) in [6, 6.07) is -0.147. The Bertz CT molecular complexity index is 623. The van der Waals surface area contributed by atoms with Gasteiger partial charge in [0, 0.05) is 12.5 Å². The zero-order chi connectivity index (χ0) is 12.7. The molecule has 7 heteroatoms. The molecule has 6 nitrogen and oxygen atoms in total. The number of anilines is 1. The van der Waals surface area contributed by atoms with E-state index in [1.54, 1.807) is 10.9 Å². The first-order valence-corrected chi connectivity index (χ1v) is 5.60. The number of halogens is 1. The molecular weight excluding hydrogens is 237 g/mol. The Morgan fingerprint density at radius 1 is 1.50 bits per heavy atom. The first kappa shape index (κ1) is 11.1. The molecule has 0 amide bonds. The summed E-state index contributed by atoms with van der Waals surface area (Å²) < 4.78 is 14.6. The van der Waals surface area contributed by atoms with Crippen molar-refractivity contribution in [2.24, 2.45) is 5.92 Å². The molecule has 1 saturated carbocycles. The number of rotatable bonds is 2. The van der Waals surface area contributed by atoms with E-state index in [2.05, 4.69) is 15.0 Å². The van der Waals surface area contributed by atoms with Gasteiger partial charge in [-0.15, -0.1) is 0 Å². The number of imidazole rings is 1. The smallest absolute Gasteiger partial charge is 0.165 e. The Hall–Kier alpha value is -2.02. The van der Waals surface area contributed by atoms with Crippen molar-refractivity contribution in [3.05, 3.63) is 24.6 Å². The minimum Gasteiger partial charge on any atom is -0.396 e. The van der Waals surface area contributed by atoms with Gasteiger partial charge in [-0.3, -0.25) is 0 Å². The van der Waals surface area contributed by atoms with Gasteiger partial charge in [-0.2, -0.15) is 0 Å². The standard InChI is InChI=1S/C11H12FN5O/c12-2-7-6(3-18)1-8(7)17-5-16-9-10(13)14-4-15-11(9)17/h2,4-6,8,18H,1,3H2,(H2,13,14,15)/b7-2-. The molecule has 2 heterocycles. The number of nitrogens with zero attached hydrogens (tertiary/aromatic N) is 4. The van der Waals surface area contributed by atoms with Crippen LogP contribution in [0.3, 0.4) is 0 Å². The number of fused-ring (bicyclic) bond motifs is 1. The van der Waals surface area contributed by atoms with Gasteiger partial charge < -0.3 is 15.4 Å². The highest BCUT2D eigenvalue weighted by atomic mass is 19.1. The van der Waals surface area contributed by atoms with Gasteiger partial charge in [-0.1, -0.05) is 0 Å². The molecule has 0 saturated heterocycles. The SMILES string of the molecule is Nc1ncnc2c1ncn2C1CC(CO)/C1=C/F. The van der Waals surface area contributed by atoms with Crippen LogP contribution in [0, 0.1) is 5.92 Å². The second-order valence-electron chi connectivity index (χ2n) is 4.32. The second kappa shape index (κ2) is 4.02. The summed E-state index contributed by atoms with van der Waals surface area (Å²) in [6.07, 6.45) is 4.17. The number of aliphatic hydroxyl groups is 1. The van der Waals surface area contributed by atoms with E-state index in [9.17, 15) is 4.39 Å². The fourth-order valence-electron chi connectivity index (χ4n) is 2.37. The fraction of sp³-hybridized carbons (Fsp3) is 0.364. The van der Waals surface area contributed by atoms with Crippen LogP contribution in [-0.4, -0.2) is 31.2 Å². The summed E-state index contributed by atoms with van der Waals surface area (Å²) in [5.41, 5.74) is 7.36. The van der Waals surface area contributed by atoms with E-state index in [4.69, 9.17) is 10.8 Å². The average Bonchev–Trinajstić information content (AvgIpc) is 2.75. The molecule has 1 aliphatic rings. The maximum atomic E-state index is 12.8. The van der Waals surface area contributed by atoms with Crippen molar-refractivity contribution < 1.29 is 9.50 Å². The Labute approximate surface area is 102 Å². The monoisotopic (exact) mass is 249 g/mol. The van der Waals surface area contributed by atoms with Crippen LogP contribution in [0.25, 0.3) is 11.2 Å². The number of aliphatic hydroxyl groups excluding tert-OH is 1. The topological polar surface area (TPSA) is 89.9 Å². The normalized spacial score (nSPS) is 25.6. The Balaban J connectivity index is 2.04. The van der Waals surface area contributed by atoms with Crippen molar-refractivity contribution in [3.8, 4) is 0 Å². The van der Waals surface area contributed by atoms with Crippen molar-refractivity contribution in [3.63, 3.8) is 0 Å². The molecule has 18 heavy (non-hydrogen) atoms. The molecule has 1 aliphatic carbocycles. The lowest BCUT2D eigenvalue weighted by Gasteiger charge is -2.37. The van der Waals surface area contributed by atoms with Crippen LogP contribution in [0.1, 0.15) is 12.5 Å². The lowest BCUT2D eigenvalue weighted by atomic mass is 9.75. The van der Waals surface area contributed by atoms with E-state index in [1.807, 2.05) is 0 Å². The third-order valence-electron chi connectivity index (χ3n) is 3.43. The van der Waals surface area contributed by atoms with E-state index < -0.39 is 0 Å². The summed E-state index contributed by atoms with van der Waals surface area (Å²) in [5.74, 6) is 0.194. The summed E-state index contributed by atoms with van der Waals surface area (Å²) in [6.45, 7) is -0.0456. The average molecular weight is 249 g/mol. The van der Waals surface area contributed by atoms with Crippen molar-refractivity contribution in [2.75, 3.05) is 12.3 Å². The van der Waals surface area contributed by atoms with Crippen molar-refractivity contribution in [2.45, 2.75) is 12.5 Å². The predicted octanol–water partition coefficient (Wildman–Crippen LogP) is 0.815. The maximum absolute atomic E-state index is 12.8. The third-order valence-corrected chi connectivity index (χ3v) is 3.43. The van der Waals surface area contributed by atoms with Crippen LogP contribution >= 0.6 is 0 Å². The van der Waals surface area contributed by atoms with E-state index >= 15 is 0 Å². The highest BCUT2D eigenvalue weighted by Crippen LogP contribution is 2.44. The molecule has 2 aromatic rings. The molecule has 94 valence electrons. The lowest BCUT2D eigenvalue weighted by molar-refractivity contribution is 0.176. The molecule has 2 atom stereocenters. The molecule has 3 rings (SSSR count). The Morgan fingerprint density at radius 3 is 3.06 bits per heavy atom. The van der Waals surface area contributed by atoms with Crippen LogP contribution in [0.15, 0.2) is 24.6 Å². The van der Waals surface area contributed by atoms with Crippen LogP contribution < -0.4 is 5.73 Å². The molecule has 0 radical (unpaired) electrons. The molecule has 0 spiro atoms. The van der Waals surface area contributed by atoms with Crippen LogP contribution in [0.2, 0.25) is 0 Å². The van der Waals surface area contributed by atoms with Gasteiger partial charge in [0.25, 0.3) is 0 Å². The quantitative estimate of drug-likeness (QED) is 0.822. The second-order valence-corrected chi connectivity index (χ2v) is 4.32. The van der Waals surface area contributed by atoms with Gasteiger partial charge in [0.05, 0.1) is 18.7 Å². The summed E-state index contributed by atoms with van der Waals surface area (Å²) in [4.78, 5) is 12.1. The van der Waals surface area contributed by atoms with E-state index in [1.165, 1.54) is 6.33 Å². The number of nitrogen functional groups attached to an aromatic ring is 1. The van der Waals surface area contributed by atoms with Crippen molar-refractivity contribution in [1.29, 1.82) is 0 Å². The lowest BCUT2D eigenvalue weighted by Crippen LogP contribution is -2.32. The molecule has 0 aromatic carbocycles. The van der Waals surface area contributed by atoms with Gasteiger partial charge in [0.1, 0.15) is 11.8 Å². The van der Waals surface area contributed by atoms with E-state index in [0.717, 1.165) is 0 Å². The number of hydrogen-bond donors (Lipinski definition) is 2. The van der Waals surface area contributed by atoms with Gasteiger partial charge >= 0.3 is 0 Å². The minimum atomic E-state index is -0.147. The Morgan fingerprint density at radius 2 is 2.33 bits per heavy atom. The summed E-state index contributed by atoms with van der Waals surface area (Å²) in [5, 5.41) is 9.08. The zero-order valence-corrected chi connectivity index (χ0v) is 9.49. The van der Waals surface area contributed by atoms with E-state index in [-0.39, 0.29) is 18.6 Å². The molecule has 3 N–H and O–H groups in total. The molecule has 1 fully saturated rings. The first-order valence-electron chi connectivity index (χ1n) is 5.60. The third kappa shape index (κ3) is 1.40. The molecule has 0 bridgehead atoms.